The second-order valence-electron chi connectivity index (χ2n) is 3.43. The van der Waals surface area contributed by atoms with Gasteiger partial charge in [-0.25, -0.2) is 5.48 Å². The van der Waals surface area contributed by atoms with E-state index in [4.69, 9.17) is 5.21 Å². The van der Waals surface area contributed by atoms with Crippen molar-refractivity contribution in [2.75, 3.05) is 6.54 Å². The molecule has 0 aliphatic carbocycles. The minimum absolute atomic E-state index is 0.586. The fraction of sp³-hybridized carbons (Fsp3) is 0.273. The van der Waals surface area contributed by atoms with E-state index in [0.29, 0.717) is 6.54 Å². The molecule has 0 spiro atoms. The van der Waals surface area contributed by atoms with E-state index in [-0.39, 0.29) is 0 Å². The predicted molar refractivity (Wildman–Crippen MR) is 56.5 cm³/mol. The van der Waals surface area contributed by atoms with Crippen LogP contribution in [-0.4, -0.2) is 16.7 Å². The molecule has 3 N–H and O–H groups in total. The molecular formula is C11H14N2O. The number of para-hydroxylation sites is 1. The van der Waals surface area contributed by atoms with E-state index in [1.54, 1.807) is 0 Å². The highest BCUT2D eigenvalue weighted by Gasteiger charge is 2.06. The van der Waals surface area contributed by atoms with Gasteiger partial charge < -0.3 is 10.2 Å². The molecule has 0 amide bonds. The summed E-state index contributed by atoms with van der Waals surface area (Å²) in [5, 5.41) is 9.82. The molecule has 0 radical (unpaired) electrons. The van der Waals surface area contributed by atoms with Gasteiger partial charge in [-0.2, -0.15) is 0 Å². The zero-order valence-electron chi connectivity index (χ0n) is 8.17. The van der Waals surface area contributed by atoms with E-state index in [2.05, 4.69) is 29.5 Å². The summed E-state index contributed by atoms with van der Waals surface area (Å²) in [7, 11) is 0. The Kier molecular flexibility index (Phi) is 2.52. The van der Waals surface area contributed by atoms with Crippen LogP contribution in [-0.2, 0) is 6.42 Å². The Balaban J connectivity index is 2.45. The normalized spacial score (nSPS) is 11.0. The SMILES string of the molecule is Cc1[nH]c2ccccc2c1CCNO. The number of benzene rings is 1. The summed E-state index contributed by atoms with van der Waals surface area (Å²) in [6, 6.07) is 8.22. The fourth-order valence-electron chi connectivity index (χ4n) is 1.84. The molecule has 0 saturated carbocycles. The Labute approximate surface area is 82.7 Å². The number of aromatic nitrogens is 1. The van der Waals surface area contributed by atoms with Gasteiger partial charge in [-0.05, 0) is 25.0 Å². The number of aryl methyl sites for hydroxylation is 1. The third kappa shape index (κ3) is 1.52. The summed E-state index contributed by atoms with van der Waals surface area (Å²) in [4.78, 5) is 3.33. The van der Waals surface area contributed by atoms with Gasteiger partial charge in [0.25, 0.3) is 0 Å². The number of nitrogens with one attached hydrogen (secondary N) is 2. The molecule has 0 aliphatic heterocycles. The number of H-pyrrole nitrogens is 1. The molecule has 74 valence electrons. The molecule has 0 bridgehead atoms. The molecule has 0 aliphatic rings. The largest absolute Gasteiger partial charge is 0.358 e. The van der Waals surface area contributed by atoms with Crippen LogP contribution in [0.15, 0.2) is 24.3 Å². The van der Waals surface area contributed by atoms with Crippen molar-refractivity contribution in [3.05, 3.63) is 35.5 Å². The Morgan fingerprint density at radius 2 is 2.14 bits per heavy atom. The number of hydrogen-bond acceptors (Lipinski definition) is 2. The summed E-state index contributed by atoms with van der Waals surface area (Å²) in [6.07, 6.45) is 0.840. The van der Waals surface area contributed by atoms with Gasteiger partial charge in [-0.1, -0.05) is 18.2 Å². The topological polar surface area (TPSA) is 48.0 Å². The van der Waals surface area contributed by atoms with Crippen molar-refractivity contribution in [3.63, 3.8) is 0 Å². The van der Waals surface area contributed by atoms with Crippen LogP contribution in [0.4, 0.5) is 0 Å². The highest BCUT2D eigenvalue weighted by molar-refractivity contribution is 5.84. The molecule has 3 heteroatoms. The molecule has 1 aromatic heterocycles. The van der Waals surface area contributed by atoms with Gasteiger partial charge in [-0.15, -0.1) is 0 Å². The maximum absolute atomic E-state index is 8.57. The molecular weight excluding hydrogens is 176 g/mol. The highest BCUT2D eigenvalue weighted by Crippen LogP contribution is 2.21. The maximum atomic E-state index is 8.57. The van der Waals surface area contributed by atoms with Crippen molar-refractivity contribution in [1.29, 1.82) is 0 Å². The summed E-state index contributed by atoms with van der Waals surface area (Å²) in [5.74, 6) is 0. The number of hydrogen-bond donors (Lipinski definition) is 3. The van der Waals surface area contributed by atoms with E-state index < -0.39 is 0 Å². The standard InChI is InChI=1S/C11H14N2O/c1-8-9(6-7-12-14)10-4-2-3-5-11(10)13-8/h2-5,12-14H,6-7H2,1H3. The van der Waals surface area contributed by atoms with Gasteiger partial charge in [0.15, 0.2) is 0 Å². The van der Waals surface area contributed by atoms with Gasteiger partial charge in [0.1, 0.15) is 0 Å². The first kappa shape index (κ1) is 9.24. The van der Waals surface area contributed by atoms with Gasteiger partial charge in [0, 0.05) is 23.1 Å². The smallest absolute Gasteiger partial charge is 0.0458 e. The summed E-state index contributed by atoms with van der Waals surface area (Å²) in [6.45, 7) is 2.65. The quantitative estimate of drug-likeness (QED) is 0.648. The first-order valence-corrected chi connectivity index (χ1v) is 4.76. The van der Waals surface area contributed by atoms with Gasteiger partial charge >= 0.3 is 0 Å². The zero-order valence-corrected chi connectivity index (χ0v) is 8.17. The molecule has 1 aromatic carbocycles. The molecule has 14 heavy (non-hydrogen) atoms. The fourth-order valence-corrected chi connectivity index (χ4v) is 1.84. The number of hydroxylamine groups is 1. The number of fused-ring (bicyclic) bond motifs is 1. The minimum atomic E-state index is 0.586. The van der Waals surface area contributed by atoms with E-state index in [1.807, 2.05) is 12.1 Å². The maximum Gasteiger partial charge on any atom is 0.0458 e. The lowest BCUT2D eigenvalue weighted by Crippen LogP contribution is -2.11. The van der Waals surface area contributed by atoms with Crippen LogP contribution < -0.4 is 5.48 Å². The van der Waals surface area contributed by atoms with Crippen LogP contribution in [0.3, 0.4) is 0 Å². The third-order valence-electron chi connectivity index (χ3n) is 2.51. The van der Waals surface area contributed by atoms with Crippen LogP contribution in [0.2, 0.25) is 0 Å². The van der Waals surface area contributed by atoms with Crippen LogP contribution in [0.1, 0.15) is 11.3 Å². The van der Waals surface area contributed by atoms with Gasteiger partial charge in [-0.3, -0.25) is 0 Å². The van der Waals surface area contributed by atoms with E-state index in [0.717, 1.165) is 11.9 Å². The van der Waals surface area contributed by atoms with E-state index in [9.17, 15) is 0 Å². The summed E-state index contributed by atoms with van der Waals surface area (Å²) < 4.78 is 0. The van der Waals surface area contributed by atoms with Gasteiger partial charge in [0.2, 0.25) is 0 Å². The second kappa shape index (κ2) is 3.82. The minimum Gasteiger partial charge on any atom is -0.358 e. The molecule has 3 nitrogen and oxygen atoms in total. The van der Waals surface area contributed by atoms with Crippen LogP contribution in [0, 0.1) is 6.92 Å². The van der Waals surface area contributed by atoms with Gasteiger partial charge in [0.05, 0.1) is 0 Å². The monoisotopic (exact) mass is 190 g/mol. The molecule has 0 unspecified atom stereocenters. The van der Waals surface area contributed by atoms with E-state index >= 15 is 0 Å². The van der Waals surface area contributed by atoms with Crippen LogP contribution in [0.5, 0.6) is 0 Å². The van der Waals surface area contributed by atoms with Crippen molar-refractivity contribution in [1.82, 2.24) is 10.5 Å². The molecule has 2 rings (SSSR count). The second-order valence-corrected chi connectivity index (χ2v) is 3.43. The third-order valence-corrected chi connectivity index (χ3v) is 2.51. The van der Waals surface area contributed by atoms with Crippen molar-refractivity contribution in [2.24, 2.45) is 0 Å². The van der Waals surface area contributed by atoms with Crippen LogP contribution >= 0.6 is 0 Å². The summed E-state index contributed by atoms with van der Waals surface area (Å²) >= 11 is 0. The van der Waals surface area contributed by atoms with Crippen molar-refractivity contribution in [2.45, 2.75) is 13.3 Å². The molecule has 2 aromatic rings. The van der Waals surface area contributed by atoms with Crippen LogP contribution in [0.25, 0.3) is 10.9 Å². The highest BCUT2D eigenvalue weighted by atomic mass is 16.5. The average molecular weight is 190 g/mol. The lowest BCUT2D eigenvalue weighted by Gasteiger charge is -1.99. The predicted octanol–water partition coefficient (Wildman–Crippen LogP) is 2.00. The Bertz CT molecular complexity index is 434. The number of rotatable bonds is 3. The molecule has 0 fully saturated rings. The van der Waals surface area contributed by atoms with Crippen molar-refractivity contribution >= 4 is 10.9 Å². The summed E-state index contributed by atoms with van der Waals surface area (Å²) in [5.41, 5.74) is 5.81. The Morgan fingerprint density at radius 1 is 1.36 bits per heavy atom. The van der Waals surface area contributed by atoms with Crippen molar-refractivity contribution < 1.29 is 5.21 Å². The lowest BCUT2D eigenvalue weighted by atomic mass is 10.1. The first-order valence-electron chi connectivity index (χ1n) is 4.76. The Morgan fingerprint density at radius 3 is 2.93 bits per heavy atom. The average Bonchev–Trinajstić information content (AvgIpc) is 2.51. The molecule has 1 heterocycles. The molecule has 0 atom stereocenters. The Hall–Kier alpha value is -1.32. The van der Waals surface area contributed by atoms with E-state index in [1.165, 1.54) is 16.6 Å². The first-order chi connectivity index (χ1) is 6.83. The number of aromatic amines is 1. The lowest BCUT2D eigenvalue weighted by molar-refractivity contribution is 0.168. The molecule has 0 saturated heterocycles. The van der Waals surface area contributed by atoms with Crippen molar-refractivity contribution in [3.8, 4) is 0 Å². The zero-order chi connectivity index (χ0) is 9.97.